The predicted molar refractivity (Wildman–Crippen MR) is 80.5 cm³/mol. The van der Waals surface area contributed by atoms with Crippen LogP contribution in [0.3, 0.4) is 0 Å². The van der Waals surface area contributed by atoms with Gasteiger partial charge in [-0.2, -0.15) is 0 Å². The number of nitrogens with zero attached hydrogens (tertiary/aromatic N) is 1. The summed E-state index contributed by atoms with van der Waals surface area (Å²) in [5.74, 6) is 0.150. The molecule has 4 nitrogen and oxygen atoms in total. The van der Waals surface area contributed by atoms with E-state index >= 15 is 0 Å². The van der Waals surface area contributed by atoms with Crippen LogP contribution in [0, 0.1) is 5.41 Å². The Hall–Kier alpha value is -0.320. The molecular weight excluding hydrogens is 264 g/mol. The minimum Gasteiger partial charge on any atom is -0.380 e. The molecule has 0 aromatic carbocycles. The monoisotopic (exact) mass is 292 g/mol. The van der Waals surface area contributed by atoms with Crippen molar-refractivity contribution in [1.29, 1.82) is 0 Å². The molecule has 0 bridgehead atoms. The Morgan fingerprint density at radius 2 is 1.95 bits per heavy atom. The summed E-state index contributed by atoms with van der Waals surface area (Å²) >= 11 is 0. The minimum atomic E-state index is -0.153. The van der Waals surface area contributed by atoms with Gasteiger partial charge in [0.1, 0.15) is 0 Å². The molecule has 0 aliphatic heterocycles. The highest BCUT2D eigenvalue weighted by Gasteiger charge is 2.30. The van der Waals surface area contributed by atoms with Crippen LogP contribution in [0.25, 0.3) is 0 Å². The second-order valence-corrected chi connectivity index (χ2v) is 6.20. The first kappa shape index (κ1) is 18.7. The van der Waals surface area contributed by atoms with Crippen LogP contribution in [0.1, 0.15) is 46.0 Å². The van der Waals surface area contributed by atoms with Gasteiger partial charge in [-0.15, -0.1) is 12.4 Å². The van der Waals surface area contributed by atoms with E-state index in [4.69, 9.17) is 10.5 Å². The lowest BCUT2D eigenvalue weighted by Gasteiger charge is -2.38. The predicted octanol–water partition coefficient (Wildman–Crippen LogP) is 2.20. The quantitative estimate of drug-likeness (QED) is 0.845. The smallest absolute Gasteiger partial charge is 0.225 e. The fourth-order valence-electron chi connectivity index (χ4n) is 2.58. The van der Waals surface area contributed by atoms with Gasteiger partial charge in [0, 0.05) is 26.7 Å². The van der Waals surface area contributed by atoms with Crippen molar-refractivity contribution in [2.24, 2.45) is 11.1 Å². The van der Waals surface area contributed by atoms with Gasteiger partial charge in [0.05, 0.1) is 12.5 Å². The van der Waals surface area contributed by atoms with E-state index in [1.165, 1.54) is 12.8 Å². The Kier molecular flexibility index (Phi) is 7.94. The highest BCUT2D eigenvalue weighted by Crippen LogP contribution is 2.36. The fraction of sp³-hybridized carbons (Fsp3) is 0.929. The van der Waals surface area contributed by atoms with E-state index in [-0.39, 0.29) is 24.4 Å². The van der Waals surface area contributed by atoms with Gasteiger partial charge in [-0.1, -0.05) is 13.8 Å². The lowest BCUT2D eigenvalue weighted by atomic mass is 9.75. The van der Waals surface area contributed by atoms with Crippen molar-refractivity contribution >= 4 is 18.3 Å². The minimum absolute atomic E-state index is 0. The van der Waals surface area contributed by atoms with Crippen LogP contribution in [-0.2, 0) is 9.53 Å². The zero-order valence-corrected chi connectivity index (χ0v) is 13.5. The molecule has 1 aliphatic rings. The lowest BCUT2D eigenvalue weighted by molar-refractivity contribution is -0.135. The maximum atomic E-state index is 12.1. The van der Waals surface area contributed by atoms with E-state index in [0.717, 1.165) is 12.8 Å². The number of halogens is 1. The standard InChI is InChI=1S/C14H28N2O2.ClH/c1-14(2)7-5-11(6-8-14)16(3)13(17)9-12(10-15)18-4;/h11-12H,5-10,15H2,1-4H3;1H. The van der Waals surface area contributed by atoms with Crippen molar-refractivity contribution < 1.29 is 9.53 Å². The summed E-state index contributed by atoms with van der Waals surface area (Å²) in [6.45, 7) is 5.01. The molecule has 1 aliphatic carbocycles. The van der Waals surface area contributed by atoms with Crippen LogP contribution < -0.4 is 5.73 Å². The van der Waals surface area contributed by atoms with E-state index in [1.54, 1.807) is 7.11 Å². The Labute approximate surface area is 123 Å². The van der Waals surface area contributed by atoms with Crippen molar-refractivity contribution in [3.05, 3.63) is 0 Å². The SMILES string of the molecule is COC(CN)CC(=O)N(C)C1CCC(C)(C)CC1.Cl. The van der Waals surface area contributed by atoms with Crippen molar-refractivity contribution in [2.75, 3.05) is 20.7 Å². The second-order valence-electron chi connectivity index (χ2n) is 6.20. The van der Waals surface area contributed by atoms with Crippen LogP contribution in [0.5, 0.6) is 0 Å². The highest BCUT2D eigenvalue weighted by molar-refractivity contribution is 5.85. The van der Waals surface area contributed by atoms with Crippen molar-refractivity contribution in [2.45, 2.75) is 58.1 Å². The van der Waals surface area contributed by atoms with Gasteiger partial charge in [-0.3, -0.25) is 4.79 Å². The average Bonchev–Trinajstić information content (AvgIpc) is 2.34. The zero-order valence-electron chi connectivity index (χ0n) is 12.6. The number of nitrogens with two attached hydrogens (primary N) is 1. The van der Waals surface area contributed by atoms with Gasteiger partial charge in [0.15, 0.2) is 0 Å². The molecule has 1 fully saturated rings. The first-order valence-electron chi connectivity index (χ1n) is 6.88. The summed E-state index contributed by atoms with van der Waals surface area (Å²) < 4.78 is 5.17. The number of hydrogen-bond donors (Lipinski definition) is 1. The van der Waals surface area contributed by atoms with Crippen LogP contribution in [-0.4, -0.2) is 43.7 Å². The van der Waals surface area contributed by atoms with Gasteiger partial charge < -0.3 is 15.4 Å². The van der Waals surface area contributed by atoms with Gasteiger partial charge >= 0.3 is 0 Å². The van der Waals surface area contributed by atoms with Crippen molar-refractivity contribution in [3.63, 3.8) is 0 Å². The molecule has 1 rings (SSSR count). The molecule has 114 valence electrons. The van der Waals surface area contributed by atoms with Crippen LogP contribution in [0.2, 0.25) is 0 Å². The van der Waals surface area contributed by atoms with Crippen LogP contribution >= 0.6 is 12.4 Å². The Morgan fingerprint density at radius 3 is 2.37 bits per heavy atom. The molecule has 19 heavy (non-hydrogen) atoms. The molecule has 1 amide bonds. The third-order valence-electron chi connectivity index (χ3n) is 4.25. The number of hydrogen-bond acceptors (Lipinski definition) is 3. The number of carbonyl (C=O) groups excluding carboxylic acids is 1. The first-order valence-corrected chi connectivity index (χ1v) is 6.88. The average molecular weight is 293 g/mol. The highest BCUT2D eigenvalue weighted by atomic mass is 35.5. The normalized spacial score (nSPS) is 20.5. The molecule has 1 atom stereocenters. The molecule has 0 aromatic heterocycles. The van der Waals surface area contributed by atoms with Gasteiger partial charge in [-0.25, -0.2) is 0 Å². The van der Waals surface area contributed by atoms with Crippen molar-refractivity contribution in [3.8, 4) is 0 Å². The number of amides is 1. The molecule has 0 spiro atoms. The van der Waals surface area contributed by atoms with Gasteiger partial charge in [-0.05, 0) is 31.1 Å². The molecule has 0 heterocycles. The molecule has 2 N–H and O–H groups in total. The van der Waals surface area contributed by atoms with E-state index < -0.39 is 0 Å². The third kappa shape index (κ3) is 5.67. The topological polar surface area (TPSA) is 55.6 Å². The first-order chi connectivity index (χ1) is 8.39. The molecule has 5 heteroatoms. The fourth-order valence-corrected chi connectivity index (χ4v) is 2.58. The lowest BCUT2D eigenvalue weighted by Crippen LogP contribution is -2.42. The van der Waals surface area contributed by atoms with Gasteiger partial charge in [0.25, 0.3) is 0 Å². The summed E-state index contributed by atoms with van der Waals surface area (Å²) in [5.41, 5.74) is 5.99. The summed E-state index contributed by atoms with van der Waals surface area (Å²) in [4.78, 5) is 14.0. The number of ether oxygens (including phenoxy) is 1. The molecule has 0 saturated heterocycles. The van der Waals surface area contributed by atoms with E-state index in [9.17, 15) is 4.79 Å². The Bertz CT molecular complexity index is 271. The largest absolute Gasteiger partial charge is 0.380 e. The van der Waals surface area contributed by atoms with Crippen LogP contribution in [0.15, 0.2) is 0 Å². The van der Waals surface area contributed by atoms with Gasteiger partial charge in [0.2, 0.25) is 5.91 Å². The van der Waals surface area contributed by atoms with Crippen LogP contribution in [0.4, 0.5) is 0 Å². The molecule has 0 radical (unpaired) electrons. The van der Waals surface area contributed by atoms with Crippen molar-refractivity contribution in [1.82, 2.24) is 4.90 Å². The summed E-state index contributed by atoms with van der Waals surface area (Å²) in [5, 5.41) is 0. The molecular formula is C14H29ClN2O2. The molecule has 1 saturated carbocycles. The maximum absolute atomic E-state index is 12.1. The molecule has 0 aromatic rings. The Balaban J connectivity index is 0.00000324. The second kappa shape index (κ2) is 8.08. The van der Waals surface area contributed by atoms with E-state index in [0.29, 0.717) is 24.4 Å². The molecule has 1 unspecified atom stereocenters. The number of methoxy groups -OCH3 is 1. The number of rotatable bonds is 5. The van der Waals surface area contributed by atoms with E-state index in [2.05, 4.69) is 13.8 Å². The zero-order chi connectivity index (χ0) is 13.8. The summed E-state index contributed by atoms with van der Waals surface area (Å²) in [6, 6.07) is 0.390. The Morgan fingerprint density at radius 1 is 1.42 bits per heavy atom. The number of carbonyl (C=O) groups is 1. The maximum Gasteiger partial charge on any atom is 0.225 e. The van der Waals surface area contributed by atoms with E-state index in [1.807, 2.05) is 11.9 Å². The third-order valence-corrected chi connectivity index (χ3v) is 4.25. The summed E-state index contributed by atoms with van der Waals surface area (Å²) in [6.07, 6.45) is 4.84. The summed E-state index contributed by atoms with van der Waals surface area (Å²) in [7, 11) is 3.52.